The summed E-state index contributed by atoms with van der Waals surface area (Å²) in [5, 5.41) is 0. The molecule has 1 N–H and O–H groups in total. The van der Waals surface area contributed by atoms with E-state index in [4.69, 9.17) is 0 Å². The first-order chi connectivity index (χ1) is 8.65. The highest BCUT2D eigenvalue weighted by Crippen LogP contribution is 2.40. The van der Waals surface area contributed by atoms with Crippen molar-refractivity contribution in [3.63, 3.8) is 0 Å². The predicted molar refractivity (Wildman–Crippen MR) is 72.7 cm³/mol. The number of aromatic nitrogens is 3. The summed E-state index contributed by atoms with van der Waals surface area (Å²) in [7, 11) is 0. The van der Waals surface area contributed by atoms with Crippen molar-refractivity contribution >= 4 is 22.6 Å². The van der Waals surface area contributed by atoms with Gasteiger partial charge in [-0.05, 0) is 47.6 Å². The van der Waals surface area contributed by atoms with Gasteiger partial charge in [-0.1, -0.05) is 0 Å². The Bertz CT molecular complexity index is 649. The molecule has 0 bridgehead atoms. The summed E-state index contributed by atoms with van der Waals surface area (Å²) in [5.74, 6) is 0.384. The highest BCUT2D eigenvalue weighted by molar-refractivity contribution is 14.1. The van der Waals surface area contributed by atoms with Crippen LogP contribution in [0.15, 0.2) is 23.1 Å². The number of nitrogens with zero attached hydrogens (tertiary/aromatic N) is 2. The Labute approximate surface area is 116 Å². The predicted octanol–water partition coefficient (Wildman–Crippen LogP) is 2.45. The smallest absolute Gasteiger partial charge is 0.264 e. The Morgan fingerprint density at radius 2 is 2.17 bits per heavy atom. The van der Waals surface area contributed by atoms with Crippen LogP contribution < -0.4 is 5.56 Å². The van der Waals surface area contributed by atoms with Crippen LogP contribution in [-0.2, 0) is 0 Å². The third-order valence-electron chi connectivity index (χ3n) is 2.82. The average Bonchev–Trinajstić information content (AvgIpc) is 3.18. The molecule has 0 unspecified atom stereocenters. The standard InChI is InChI=1S/C12H9FIN3O/c13-7-3-4-8(15-5-7)11-16-10(6-1-2-6)9(14)12(18)17-11/h3-6H,1-2H2,(H,16,17,18). The van der Waals surface area contributed by atoms with Crippen LogP contribution in [0.3, 0.4) is 0 Å². The van der Waals surface area contributed by atoms with Gasteiger partial charge in [0.1, 0.15) is 15.1 Å². The summed E-state index contributed by atoms with van der Waals surface area (Å²) in [5.41, 5.74) is 1.15. The zero-order chi connectivity index (χ0) is 12.7. The zero-order valence-corrected chi connectivity index (χ0v) is 11.4. The van der Waals surface area contributed by atoms with Crippen molar-refractivity contribution in [1.82, 2.24) is 15.0 Å². The number of aromatic amines is 1. The first kappa shape index (κ1) is 11.8. The minimum atomic E-state index is -0.408. The number of hydrogen-bond donors (Lipinski definition) is 1. The quantitative estimate of drug-likeness (QED) is 0.841. The SMILES string of the molecule is O=c1[nH]c(-c2ccc(F)cn2)nc(C2CC2)c1I. The number of nitrogens with one attached hydrogen (secondary N) is 1. The maximum atomic E-state index is 12.8. The number of H-pyrrole nitrogens is 1. The van der Waals surface area contributed by atoms with Gasteiger partial charge in [0.2, 0.25) is 0 Å². The summed E-state index contributed by atoms with van der Waals surface area (Å²) in [4.78, 5) is 22.9. The third-order valence-corrected chi connectivity index (χ3v) is 3.86. The molecule has 0 saturated heterocycles. The minimum absolute atomic E-state index is 0.159. The topological polar surface area (TPSA) is 58.6 Å². The summed E-state index contributed by atoms with van der Waals surface area (Å²) < 4.78 is 13.4. The van der Waals surface area contributed by atoms with E-state index in [-0.39, 0.29) is 5.56 Å². The molecular formula is C12H9FIN3O. The maximum absolute atomic E-state index is 12.8. The molecule has 1 aliphatic rings. The average molecular weight is 357 g/mol. The largest absolute Gasteiger partial charge is 0.304 e. The molecule has 2 aromatic rings. The molecular weight excluding hydrogens is 348 g/mol. The molecule has 92 valence electrons. The van der Waals surface area contributed by atoms with Gasteiger partial charge in [-0.15, -0.1) is 0 Å². The Morgan fingerprint density at radius 1 is 1.39 bits per heavy atom. The fourth-order valence-electron chi connectivity index (χ4n) is 1.74. The Morgan fingerprint density at radius 3 is 2.78 bits per heavy atom. The molecule has 1 fully saturated rings. The van der Waals surface area contributed by atoms with E-state index in [0.717, 1.165) is 24.7 Å². The zero-order valence-electron chi connectivity index (χ0n) is 9.28. The number of halogens is 2. The lowest BCUT2D eigenvalue weighted by Gasteiger charge is -2.05. The van der Waals surface area contributed by atoms with Gasteiger partial charge in [-0.3, -0.25) is 4.79 Å². The van der Waals surface area contributed by atoms with Crippen molar-refractivity contribution < 1.29 is 4.39 Å². The van der Waals surface area contributed by atoms with Gasteiger partial charge in [-0.25, -0.2) is 14.4 Å². The summed E-state index contributed by atoms with van der Waals surface area (Å²) in [6.07, 6.45) is 3.26. The van der Waals surface area contributed by atoms with E-state index in [9.17, 15) is 9.18 Å². The van der Waals surface area contributed by atoms with Crippen LogP contribution in [0.4, 0.5) is 4.39 Å². The molecule has 0 atom stereocenters. The van der Waals surface area contributed by atoms with E-state index < -0.39 is 5.82 Å². The lowest BCUT2D eigenvalue weighted by atomic mass is 10.2. The van der Waals surface area contributed by atoms with Crippen LogP contribution >= 0.6 is 22.6 Å². The van der Waals surface area contributed by atoms with Crippen molar-refractivity contribution in [2.45, 2.75) is 18.8 Å². The Balaban J connectivity index is 2.12. The molecule has 3 rings (SSSR count). The van der Waals surface area contributed by atoms with Gasteiger partial charge in [-0.2, -0.15) is 0 Å². The third kappa shape index (κ3) is 2.16. The van der Waals surface area contributed by atoms with E-state index in [1.165, 1.54) is 12.1 Å². The first-order valence-corrected chi connectivity index (χ1v) is 6.64. The Hall–Kier alpha value is -1.31. The molecule has 0 aliphatic heterocycles. The van der Waals surface area contributed by atoms with Gasteiger partial charge < -0.3 is 4.98 Å². The second-order valence-corrected chi connectivity index (χ2v) is 5.33. The lowest BCUT2D eigenvalue weighted by Crippen LogP contribution is -2.16. The highest BCUT2D eigenvalue weighted by atomic mass is 127. The van der Waals surface area contributed by atoms with Crippen LogP contribution in [0.5, 0.6) is 0 Å². The molecule has 4 nitrogen and oxygen atoms in total. The second kappa shape index (κ2) is 4.42. The minimum Gasteiger partial charge on any atom is -0.304 e. The fourth-order valence-corrected chi connectivity index (χ4v) is 2.44. The number of hydrogen-bond acceptors (Lipinski definition) is 3. The Kier molecular flexibility index (Phi) is 2.89. The summed E-state index contributed by atoms with van der Waals surface area (Å²) >= 11 is 2.01. The number of pyridine rings is 1. The fraction of sp³-hybridized carbons (Fsp3) is 0.250. The van der Waals surface area contributed by atoms with E-state index in [2.05, 4.69) is 15.0 Å². The van der Waals surface area contributed by atoms with Gasteiger partial charge in [0.05, 0.1) is 11.9 Å². The van der Waals surface area contributed by atoms with Gasteiger partial charge in [0, 0.05) is 5.92 Å². The normalized spacial score (nSPS) is 14.8. The van der Waals surface area contributed by atoms with E-state index in [1.54, 1.807) is 0 Å². The molecule has 6 heteroatoms. The van der Waals surface area contributed by atoms with Gasteiger partial charge >= 0.3 is 0 Å². The van der Waals surface area contributed by atoms with Crippen molar-refractivity contribution in [2.75, 3.05) is 0 Å². The number of rotatable bonds is 2. The highest BCUT2D eigenvalue weighted by Gasteiger charge is 2.29. The molecule has 0 amide bonds. The lowest BCUT2D eigenvalue weighted by molar-refractivity contribution is 0.621. The van der Waals surface area contributed by atoms with Crippen molar-refractivity contribution in [2.24, 2.45) is 0 Å². The van der Waals surface area contributed by atoms with Crippen LogP contribution in [0.25, 0.3) is 11.5 Å². The molecule has 0 spiro atoms. The summed E-state index contributed by atoms with van der Waals surface area (Å²) in [6.45, 7) is 0. The first-order valence-electron chi connectivity index (χ1n) is 5.57. The van der Waals surface area contributed by atoms with Crippen molar-refractivity contribution in [1.29, 1.82) is 0 Å². The molecule has 1 aliphatic carbocycles. The van der Waals surface area contributed by atoms with Gasteiger partial charge in [0.25, 0.3) is 5.56 Å². The van der Waals surface area contributed by atoms with Crippen molar-refractivity contribution in [3.8, 4) is 11.5 Å². The van der Waals surface area contributed by atoms with Crippen LogP contribution in [0, 0.1) is 9.39 Å². The van der Waals surface area contributed by atoms with Crippen LogP contribution in [0.1, 0.15) is 24.5 Å². The molecule has 0 aromatic carbocycles. The van der Waals surface area contributed by atoms with Crippen molar-refractivity contribution in [3.05, 3.63) is 43.8 Å². The van der Waals surface area contributed by atoms with E-state index >= 15 is 0 Å². The molecule has 0 radical (unpaired) electrons. The van der Waals surface area contributed by atoms with Gasteiger partial charge in [0.15, 0.2) is 5.82 Å². The summed E-state index contributed by atoms with van der Waals surface area (Å²) in [6, 6.07) is 2.81. The molecule has 2 aromatic heterocycles. The van der Waals surface area contributed by atoms with Crippen LogP contribution in [-0.4, -0.2) is 15.0 Å². The monoisotopic (exact) mass is 357 g/mol. The second-order valence-electron chi connectivity index (χ2n) is 4.25. The molecule has 2 heterocycles. The maximum Gasteiger partial charge on any atom is 0.264 e. The van der Waals surface area contributed by atoms with E-state index in [1.807, 2.05) is 22.6 Å². The molecule has 1 saturated carbocycles. The molecule has 18 heavy (non-hydrogen) atoms. The van der Waals surface area contributed by atoms with Crippen LogP contribution in [0.2, 0.25) is 0 Å². The van der Waals surface area contributed by atoms with E-state index in [0.29, 0.717) is 21.0 Å².